The van der Waals surface area contributed by atoms with Crippen LogP contribution in [0.1, 0.15) is 5.56 Å². The van der Waals surface area contributed by atoms with Crippen LogP contribution in [0.5, 0.6) is 0 Å². The Balaban J connectivity index is 2.85. The fraction of sp³-hybridized carbons (Fsp3) is 0. The molecular weight excluding hydrogens is 229 g/mol. The van der Waals surface area contributed by atoms with Gasteiger partial charge in [-0.3, -0.25) is 0 Å². The van der Waals surface area contributed by atoms with E-state index in [-0.39, 0.29) is 0 Å². The van der Waals surface area contributed by atoms with Crippen LogP contribution in [0.4, 0.5) is 0 Å². The minimum absolute atomic E-state index is 0.925. The van der Waals surface area contributed by atoms with Crippen molar-refractivity contribution >= 4 is 33.0 Å². The second kappa shape index (κ2) is 3.47. The summed E-state index contributed by atoms with van der Waals surface area (Å²) in [4.78, 5) is 0. The molecule has 0 bridgehead atoms. The first-order valence-electron chi connectivity index (χ1n) is 3.16. The quantitative estimate of drug-likeness (QED) is 0.567. The van der Waals surface area contributed by atoms with Gasteiger partial charge in [0.05, 0.1) is 0 Å². The Morgan fingerprint density at radius 1 is 1.00 bits per heavy atom. The first-order valence-corrected chi connectivity index (χ1v) is 7.36. The van der Waals surface area contributed by atoms with Gasteiger partial charge in [0.1, 0.15) is 0 Å². The Morgan fingerprint density at radius 3 is 1.89 bits per heavy atom. The summed E-state index contributed by atoms with van der Waals surface area (Å²) in [6.07, 6.45) is 0. The fourth-order valence-electron chi connectivity index (χ4n) is 0.771. The van der Waals surface area contributed by atoms with Crippen molar-refractivity contribution in [1.29, 1.82) is 0 Å². The molecule has 0 aliphatic rings. The zero-order valence-electron chi connectivity index (χ0n) is 5.89. The van der Waals surface area contributed by atoms with Crippen molar-refractivity contribution < 1.29 is 0 Å². The summed E-state index contributed by atoms with van der Waals surface area (Å²) >= 11 is 1.85. The molecule has 1 radical (unpaired) electrons. The molecule has 2 heteroatoms. The maximum atomic E-state index is 2.21. The number of hydrogen-bond donors (Lipinski definition) is 0. The Bertz CT molecular complexity index is 170. The van der Waals surface area contributed by atoms with Gasteiger partial charge >= 0.3 is 72.5 Å². The Hall–Kier alpha value is 0.306. The van der Waals surface area contributed by atoms with Gasteiger partial charge in [-0.2, -0.15) is 0 Å². The molecule has 1 aromatic rings. The molecule has 1 aromatic carbocycles. The minimum atomic E-state index is 0.925. The maximum absolute atomic E-state index is 2.21. The molecule has 0 N–H and O–H groups in total. The topological polar surface area (TPSA) is 0 Å². The summed E-state index contributed by atoms with van der Waals surface area (Å²) in [5.41, 5.74) is 1.50. The molecule has 0 saturated carbocycles. The Kier molecular flexibility index (Phi) is 2.86. The molecule has 0 aromatic heterocycles. The van der Waals surface area contributed by atoms with Gasteiger partial charge in [-0.15, -0.1) is 0 Å². The van der Waals surface area contributed by atoms with E-state index in [1.165, 1.54) is 5.56 Å². The molecule has 1 rings (SSSR count). The van der Waals surface area contributed by atoms with E-state index in [2.05, 4.69) is 30.3 Å². The summed E-state index contributed by atoms with van der Waals surface area (Å²) in [5.74, 6) is 0. The molecule has 9 heavy (non-hydrogen) atoms. The first-order chi connectivity index (χ1) is 4.30. The van der Waals surface area contributed by atoms with Crippen LogP contribution in [0.2, 0.25) is 0 Å². The van der Waals surface area contributed by atoms with Crippen LogP contribution in [0.15, 0.2) is 30.3 Å². The molecule has 0 heterocycles. The average Bonchev–Trinajstić information content (AvgIpc) is 1.90. The van der Waals surface area contributed by atoms with Crippen LogP contribution in [-0.4, -0.2) is 33.0 Å². The van der Waals surface area contributed by atoms with E-state index in [0.29, 0.717) is 0 Å². The van der Waals surface area contributed by atoms with E-state index in [0.717, 1.165) is 33.0 Å². The third kappa shape index (κ3) is 2.18. The Labute approximate surface area is 72.5 Å². The molecule has 0 atom stereocenters. The van der Waals surface area contributed by atoms with Crippen molar-refractivity contribution in [3.63, 3.8) is 0 Å². The van der Waals surface area contributed by atoms with Gasteiger partial charge in [0.15, 0.2) is 0 Å². The van der Waals surface area contributed by atoms with Crippen LogP contribution in [0.25, 0.3) is 0 Å². The second-order valence-electron chi connectivity index (χ2n) is 2.37. The molecule has 0 saturated heterocycles. The molecule has 0 aliphatic carbocycles. The molecule has 0 aliphatic heterocycles. The van der Waals surface area contributed by atoms with E-state index in [4.69, 9.17) is 0 Å². The van der Waals surface area contributed by atoms with Crippen molar-refractivity contribution in [1.82, 2.24) is 0 Å². The summed E-state index contributed by atoms with van der Waals surface area (Å²) in [6.45, 7) is 0. The monoisotopic (exact) mass is 243 g/mol. The van der Waals surface area contributed by atoms with Crippen molar-refractivity contribution in [3.05, 3.63) is 39.5 Å². The van der Waals surface area contributed by atoms with Crippen LogP contribution in [-0.2, 0) is 0 Å². The zero-order chi connectivity index (χ0) is 6.69. The van der Waals surface area contributed by atoms with Crippen molar-refractivity contribution in [2.45, 2.75) is 0 Å². The average molecular weight is 240 g/mol. The van der Waals surface area contributed by atoms with Gasteiger partial charge in [0.2, 0.25) is 0 Å². The van der Waals surface area contributed by atoms with Crippen LogP contribution < -0.4 is 0 Å². The van der Waals surface area contributed by atoms with Crippen LogP contribution in [0, 0.1) is 3.58 Å². The number of rotatable bonds is 1. The van der Waals surface area contributed by atoms with Gasteiger partial charge in [-0.25, -0.2) is 0 Å². The summed E-state index contributed by atoms with van der Waals surface area (Å²) in [7, 11) is 0. The third-order valence-electron chi connectivity index (χ3n) is 1.35. The summed E-state index contributed by atoms with van der Waals surface area (Å²) < 4.78 is 1.75. The molecular formula is C7H11Ge2. The van der Waals surface area contributed by atoms with E-state index in [1.54, 1.807) is 3.58 Å². The van der Waals surface area contributed by atoms with Gasteiger partial charge in [-0.05, 0) is 0 Å². The number of benzene rings is 1. The van der Waals surface area contributed by atoms with Crippen molar-refractivity contribution in [2.24, 2.45) is 0 Å². The predicted octanol–water partition coefficient (Wildman–Crippen LogP) is -0.745. The first kappa shape index (κ1) is 7.41. The molecule has 0 fully saturated rings. The molecule has 0 spiro atoms. The normalized spacial score (nSPS) is 10.8. The van der Waals surface area contributed by atoms with Crippen molar-refractivity contribution in [3.8, 4) is 0 Å². The Morgan fingerprint density at radius 2 is 1.56 bits per heavy atom. The second-order valence-corrected chi connectivity index (χ2v) is 17.5. The standard InChI is InChI=1S/C7H11Ge2/c8-7(9)6-4-2-1-3-5-6/h1-5H,8-9H3. The third-order valence-corrected chi connectivity index (χ3v) is 3.77. The van der Waals surface area contributed by atoms with Crippen molar-refractivity contribution in [2.75, 3.05) is 0 Å². The SMILES string of the molecule is [GeH3][C]([GeH3])c1ccccc1. The molecule has 47 valence electrons. The number of hydrogen-bond acceptors (Lipinski definition) is 0. The van der Waals surface area contributed by atoms with Crippen LogP contribution >= 0.6 is 0 Å². The van der Waals surface area contributed by atoms with E-state index in [9.17, 15) is 0 Å². The summed E-state index contributed by atoms with van der Waals surface area (Å²) in [5, 5.41) is 0. The molecule has 0 amide bonds. The molecule has 0 unspecified atom stereocenters. The predicted molar refractivity (Wildman–Crippen MR) is 48.7 cm³/mol. The molecule has 0 nitrogen and oxygen atoms in total. The van der Waals surface area contributed by atoms with Gasteiger partial charge < -0.3 is 0 Å². The van der Waals surface area contributed by atoms with Gasteiger partial charge in [0, 0.05) is 0 Å². The van der Waals surface area contributed by atoms with E-state index in [1.807, 2.05) is 0 Å². The zero-order valence-corrected chi connectivity index (χ0v) is 14.3. The van der Waals surface area contributed by atoms with Gasteiger partial charge in [0.25, 0.3) is 0 Å². The van der Waals surface area contributed by atoms with E-state index >= 15 is 0 Å². The van der Waals surface area contributed by atoms with E-state index < -0.39 is 0 Å². The van der Waals surface area contributed by atoms with Gasteiger partial charge in [-0.1, -0.05) is 0 Å². The fourth-order valence-corrected chi connectivity index (χ4v) is 2.17. The van der Waals surface area contributed by atoms with Crippen LogP contribution in [0.3, 0.4) is 0 Å². The summed E-state index contributed by atoms with van der Waals surface area (Å²) in [6, 6.07) is 10.7.